The molecule has 2 N–H and O–H groups in total. The van der Waals surface area contributed by atoms with Crippen molar-refractivity contribution in [3.05, 3.63) is 30.0 Å². The predicted octanol–water partition coefficient (Wildman–Crippen LogP) is 2.28. The van der Waals surface area contributed by atoms with Crippen LogP contribution in [0.15, 0.2) is 24.3 Å². The van der Waals surface area contributed by atoms with Crippen LogP contribution in [-0.4, -0.2) is 32.1 Å². The van der Waals surface area contributed by atoms with Gasteiger partial charge in [0, 0.05) is 7.05 Å². The number of aryl methyl sites for hydroxylation is 1. The zero-order valence-corrected chi connectivity index (χ0v) is 11.5. The van der Waals surface area contributed by atoms with Gasteiger partial charge in [0.1, 0.15) is 11.5 Å². The first-order valence-corrected chi connectivity index (χ1v) is 6.16. The van der Waals surface area contributed by atoms with Crippen molar-refractivity contribution in [2.24, 2.45) is 7.05 Å². The number of carboxylic acid groups (broad SMARTS) is 1. The second-order valence-electron chi connectivity index (χ2n) is 4.66. The molecule has 1 heterocycles. The summed E-state index contributed by atoms with van der Waals surface area (Å²) in [6.07, 6.45) is -0.0669. The third-order valence-corrected chi connectivity index (χ3v) is 2.72. The van der Waals surface area contributed by atoms with E-state index in [2.05, 4.69) is 5.10 Å². The number of hydrogen-bond acceptors (Lipinski definition) is 4. The fourth-order valence-corrected chi connectivity index (χ4v) is 1.93. The van der Waals surface area contributed by atoms with Crippen LogP contribution >= 0.6 is 0 Å². The minimum absolute atomic E-state index is 0.0167. The molecule has 0 aliphatic carbocycles. The van der Waals surface area contributed by atoms with E-state index in [1.165, 1.54) is 16.8 Å². The van der Waals surface area contributed by atoms with Crippen molar-refractivity contribution >= 4 is 5.97 Å². The molecule has 0 bridgehead atoms. The molecule has 0 spiro atoms. The van der Waals surface area contributed by atoms with Gasteiger partial charge >= 0.3 is 5.97 Å². The lowest BCUT2D eigenvalue weighted by molar-refractivity contribution is 0.0689. The summed E-state index contributed by atoms with van der Waals surface area (Å²) in [6, 6.07) is 6.33. The third-order valence-electron chi connectivity index (χ3n) is 2.72. The van der Waals surface area contributed by atoms with Crippen molar-refractivity contribution in [2.45, 2.75) is 20.0 Å². The van der Waals surface area contributed by atoms with E-state index in [1.54, 1.807) is 19.2 Å². The summed E-state index contributed by atoms with van der Waals surface area (Å²) in [6.45, 7) is 3.75. The number of benzene rings is 1. The molecule has 0 saturated carbocycles. The van der Waals surface area contributed by atoms with Crippen LogP contribution in [0, 0.1) is 0 Å². The number of rotatable bonds is 4. The molecule has 0 radical (unpaired) electrons. The highest BCUT2D eigenvalue weighted by atomic mass is 16.5. The molecule has 6 heteroatoms. The van der Waals surface area contributed by atoms with Crippen LogP contribution in [0.1, 0.15) is 24.3 Å². The van der Waals surface area contributed by atoms with Gasteiger partial charge in [-0.15, -0.1) is 0 Å². The Balaban J connectivity index is 2.59. The Labute approximate surface area is 116 Å². The van der Waals surface area contributed by atoms with Gasteiger partial charge in [0.2, 0.25) is 0 Å². The molecule has 106 valence electrons. The van der Waals surface area contributed by atoms with E-state index in [1.807, 2.05) is 13.8 Å². The Bertz CT molecular complexity index is 647. The molecule has 0 amide bonds. The highest BCUT2D eigenvalue weighted by Gasteiger charge is 2.19. The average molecular weight is 276 g/mol. The molecule has 0 aliphatic heterocycles. The number of phenols is 1. The fourth-order valence-electron chi connectivity index (χ4n) is 1.93. The molecule has 0 atom stereocenters. The molecule has 0 aliphatic rings. The molecule has 6 nitrogen and oxygen atoms in total. The normalized spacial score (nSPS) is 10.8. The maximum absolute atomic E-state index is 11.0. The van der Waals surface area contributed by atoms with Crippen LogP contribution in [0.3, 0.4) is 0 Å². The summed E-state index contributed by atoms with van der Waals surface area (Å²) >= 11 is 0. The lowest BCUT2D eigenvalue weighted by Gasteiger charge is -2.15. The molecule has 2 rings (SSSR count). The van der Waals surface area contributed by atoms with Crippen LogP contribution in [0.2, 0.25) is 0 Å². The van der Waals surface area contributed by atoms with E-state index in [4.69, 9.17) is 9.84 Å². The summed E-state index contributed by atoms with van der Waals surface area (Å²) in [5.74, 6) is -0.614. The van der Waals surface area contributed by atoms with Gasteiger partial charge in [-0.05, 0) is 32.0 Å². The summed E-state index contributed by atoms with van der Waals surface area (Å²) < 4.78 is 7.07. The van der Waals surface area contributed by atoms with Crippen molar-refractivity contribution in [1.82, 2.24) is 9.78 Å². The molecule has 1 aromatic carbocycles. The van der Waals surface area contributed by atoms with Crippen LogP contribution < -0.4 is 4.74 Å². The van der Waals surface area contributed by atoms with E-state index >= 15 is 0 Å². The van der Waals surface area contributed by atoms with Crippen LogP contribution in [0.5, 0.6) is 11.5 Å². The molecule has 1 aromatic heterocycles. The third kappa shape index (κ3) is 2.59. The van der Waals surface area contributed by atoms with Crippen molar-refractivity contribution in [3.8, 4) is 22.8 Å². The maximum Gasteiger partial charge on any atom is 0.356 e. The standard InChI is InChI=1S/C14H16N2O4/c1-8(2)20-12-6-4-5-11(17)13(12)10-7-9(14(18)19)15-16(10)3/h4-8,17H,1-3H3,(H,18,19). The SMILES string of the molecule is CC(C)Oc1cccc(O)c1-c1cc(C(=O)O)nn1C. The van der Waals surface area contributed by atoms with Gasteiger partial charge in [-0.1, -0.05) is 6.07 Å². The summed E-state index contributed by atoms with van der Waals surface area (Å²) in [7, 11) is 1.62. The first-order chi connectivity index (χ1) is 9.40. The zero-order chi connectivity index (χ0) is 14.9. The maximum atomic E-state index is 11.0. The molecule has 0 fully saturated rings. The summed E-state index contributed by atoms with van der Waals surface area (Å²) in [5.41, 5.74) is 0.834. The number of phenolic OH excluding ortho intramolecular Hbond substituents is 1. The number of aromatic hydroxyl groups is 1. The first-order valence-electron chi connectivity index (χ1n) is 6.16. The Morgan fingerprint density at radius 1 is 1.40 bits per heavy atom. The molecule has 20 heavy (non-hydrogen) atoms. The molecule has 0 unspecified atom stereocenters. The van der Waals surface area contributed by atoms with Gasteiger partial charge in [0.25, 0.3) is 0 Å². The zero-order valence-electron chi connectivity index (χ0n) is 11.5. The minimum atomic E-state index is -1.12. The quantitative estimate of drug-likeness (QED) is 0.894. The number of carbonyl (C=O) groups is 1. The number of aromatic nitrogens is 2. The van der Waals surface area contributed by atoms with Gasteiger partial charge < -0.3 is 14.9 Å². The van der Waals surface area contributed by atoms with Gasteiger partial charge in [0.15, 0.2) is 5.69 Å². The van der Waals surface area contributed by atoms with Gasteiger partial charge in [0.05, 0.1) is 17.4 Å². The molecule has 0 saturated heterocycles. The van der Waals surface area contributed by atoms with Crippen molar-refractivity contribution in [1.29, 1.82) is 0 Å². The van der Waals surface area contributed by atoms with Crippen molar-refractivity contribution < 1.29 is 19.7 Å². The Hall–Kier alpha value is -2.50. The number of nitrogens with zero attached hydrogens (tertiary/aromatic N) is 2. The van der Waals surface area contributed by atoms with E-state index in [9.17, 15) is 9.90 Å². The van der Waals surface area contributed by atoms with Crippen LogP contribution in [-0.2, 0) is 7.05 Å². The summed E-state index contributed by atoms with van der Waals surface area (Å²) in [4.78, 5) is 11.0. The second-order valence-corrected chi connectivity index (χ2v) is 4.66. The second kappa shape index (κ2) is 5.24. The van der Waals surface area contributed by atoms with E-state index in [-0.39, 0.29) is 17.5 Å². The van der Waals surface area contributed by atoms with Crippen molar-refractivity contribution in [3.63, 3.8) is 0 Å². The number of aromatic carboxylic acids is 1. The van der Waals surface area contributed by atoms with Crippen molar-refractivity contribution in [2.75, 3.05) is 0 Å². The minimum Gasteiger partial charge on any atom is -0.507 e. The molecular formula is C14H16N2O4. The van der Waals surface area contributed by atoms with E-state index in [0.29, 0.717) is 17.0 Å². The topological polar surface area (TPSA) is 84.6 Å². The monoisotopic (exact) mass is 276 g/mol. The Kier molecular flexibility index (Phi) is 3.65. The van der Waals surface area contributed by atoms with E-state index in [0.717, 1.165) is 0 Å². The molecule has 2 aromatic rings. The highest BCUT2D eigenvalue weighted by Crippen LogP contribution is 2.38. The number of ether oxygens (including phenoxy) is 1. The van der Waals surface area contributed by atoms with Crippen LogP contribution in [0.4, 0.5) is 0 Å². The first kappa shape index (κ1) is 13.9. The lowest BCUT2D eigenvalue weighted by atomic mass is 10.1. The van der Waals surface area contributed by atoms with Gasteiger partial charge in [-0.3, -0.25) is 4.68 Å². The smallest absolute Gasteiger partial charge is 0.356 e. The fraction of sp³-hybridized carbons (Fsp3) is 0.286. The lowest BCUT2D eigenvalue weighted by Crippen LogP contribution is -2.07. The van der Waals surface area contributed by atoms with Gasteiger partial charge in [-0.2, -0.15) is 5.10 Å². The van der Waals surface area contributed by atoms with Gasteiger partial charge in [-0.25, -0.2) is 4.79 Å². The van der Waals surface area contributed by atoms with E-state index < -0.39 is 5.97 Å². The number of hydrogen-bond donors (Lipinski definition) is 2. The summed E-state index contributed by atoms with van der Waals surface area (Å²) in [5, 5.41) is 22.9. The Morgan fingerprint density at radius 2 is 2.10 bits per heavy atom. The predicted molar refractivity (Wildman–Crippen MR) is 73.0 cm³/mol. The molecular weight excluding hydrogens is 260 g/mol. The number of carboxylic acids is 1. The Morgan fingerprint density at radius 3 is 2.65 bits per heavy atom. The average Bonchev–Trinajstić information content (AvgIpc) is 2.71. The largest absolute Gasteiger partial charge is 0.507 e. The van der Waals surface area contributed by atoms with Crippen LogP contribution in [0.25, 0.3) is 11.3 Å². The highest BCUT2D eigenvalue weighted by molar-refractivity contribution is 5.88.